The van der Waals surface area contributed by atoms with E-state index in [1.807, 2.05) is 0 Å². The first-order valence-electron chi connectivity index (χ1n) is 3.63. The van der Waals surface area contributed by atoms with E-state index in [-0.39, 0.29) is 13.0 Å². The molecule has 0 aliphatic carbocycles. The SMILES string of the molecule is CCOCCC(C)C(F)(F)F. The van der Waals surface area contributed by atoms with E-state index in [0.29, 0.717) is 6.61 Å². The van der Waals surface area contributed by atoms with E-state index in [2.05, 4.69) is 0 Å². The van der Waals surface area contributed by atoms with Crippen LogP contribution in [0.2, 0.25) is 0 Å². The van der Waals surface area contributed by atoms with E-state index in [0.717, 1.165) is 0 Å². The number of halogens is 3. The predicted molar refractivity (Wildman–Crippen MR) is 36.3 cm³/mol. The highest BCUT2D eigenvalue weighted by Crippen LogP contribution is 2.27. The van der Waals surface area contributed by atoms with Crippen LogP contribution in [0.5, 0.6) is 0 Å². The first-order valence-corrected chi connectivity index (χ1v) is 3.63. The zero-order valence-corrected chi connectivity index (χ0v) is 6.74. The van der Waals surface area contributed by atoms with Gasteiger partial charge in [-0.2, -0.15) is 13.2 Å². The summed E-state index contributed by atoms with van der Waals surface area (Å²) in [6.07, 6.45) is -4.02. The van der Waals surface area contributed by atoms with Crippen molar-refractivity contribution in [3.05, 3.63) is 0 Å². The fourth-order valence-corrected chi connectivity index (χ4v) is 0.568. The highest BCUT2D eigenvalue weighted by Gasteiger charge is 2.35. The van der Waals surface area contributed by atoms with Gasteiger partial charge in [-0.1, -0.05) is 6.92 Å². The van der Waals surface area contributed by atoms with Crippen molar-refractivity contribution in [1.29, 1.82) is 0 Å². The van der Waals surface area contributed by atoms with E-state index in [9.17, 15) is 13.2 Å². The molecule has 0 aromatic heterocycles. The minimum atomic E-state index is -4.07. The van der Waals surface area contributed by atoms with Crippen molar-refractivity contribution in [2.45, 2.75) is 26.4 Å². The molecule has 0 heterocycles. The fourth-order valence-electron chi connectivity index (χ4n) is 0.568. The fraction of sp³-hybridized carbons (Fsp3) is 1.00. The van der Waals surface area contributed by atoms with Crippen molar-refractivity contribution >= 4 is 0 Å². The van der Waals surface area contributed by atoms with Gasteiger partial charge < -0.3 is 4.74 Å². The second kappa shape index (κ2) is 4.59. The molecule has 0 N–H and O–H groups in total. The van der Waals surface area contributed by atoms with Crippen LogP contribution in [0.3, 0.4) is 0 Å². The van der Waals surface area contributed by atoms with Gasteiger partial charge in [-0.3, -0.25) is 0 Å². The van der Waals surface area contributed by atoms with Crippen molar-refractivity contribution in [1.82, 2.24) is 0 Å². The molecular weight excluding hydrogens is 157 g/mol. The van der Waals surface area contributed by atoms with E-state index in [1.165, 1.54) is 6.92 Å². The average Bonchev–Trinajstić information content (AvgIpc) is 1.86. The number of alkyl halides is 3. The van der Waals surface area contributed by atoms with Crippen LogP contribution in [0.1, 0.15) is 20.3 Å². The van der Waals surface area contributed by atoms with Gasteiger partial charge in [0, 0.05) is 13.2 Å². The third-order valence-electron chi connectivity index (χ3n) is 1.46. The van der Waals surface area contributed by atoms with Gasteiger partial charge in [0.25, 0.3) is 0 Å². The monoisotopic (exact) mass is 170 g/mol. The molecule has 68 valence electrons. The van der Waals surface area contributed by atoms with Crippen LogP contribution in [0.4, 0.5) is 13.2 Å². The molecule has 1 unspecified atom stereocenters. The predicted octanol–water partition coefficient (Wildman–Crippen LogP) is 2.61. The highest BCUT2D eigenvalue weighted by molar-refractivity contribution is 4.60. The summed E-state index contributed by atoms with van der Waals surface area (Å²) >= 11 is 0. The summed E-state index contributed by atoms with van der Waals surface area (Å²) in [5, 5.41) is 0. The number of ether oxygens (including phenoxy) is 1. The molecule has 0 saturated heterocycles. The highest BCUT2D eigenvalue weighted by atomic mass is 19.4. The van der Waals surface area contributed by atoms with Gasteiger partial charge in [0.1, 0.15) is 0 Å². The largest absolute Gasteiger partial charge is 0.391 e. The zero-order valence-electron chi connectivity index (χ0n) is 6.74. The average molecular weight is 170 g/mol. The van der Waals surface area contributed by atoms with Crippen LogP contribution >= 0.6 is 0 Å². The summed E-state index contributed by atoms with van der Waals surface area (Å²) in [5.74, 6) is -1.26. The molecule has 0 fully saturated rings. The summed E-state index contributed by atoms with van der Waals surface area (Å²) in [7, 11) is 0. The van der Waals surface area contributed by atoms with Gasteiger partial charge in [-0.15, -0.1) is 0 Å². The van der Waals surface area contributed by atoms with E-state index in [1.54, 1.807) is 6.92 Å². The van der Waals surface area contributed by atoms with Crippen molar-refractivity contribution < 1.29 is 17.9 Å². The summed E-state index contributed by atoms with van der Waals surface area (Å²) in [4.78, 5) is 0. The van der Waals surface area contributed by atoms with Gasteiger partial charge in [-0.25, -0.2) is 0 Å². The maximum absolute atomic E-state index is 11.8. The minimum Gasteiger partial charge on any atom is -0.382 e. The van der Waals surface area contributed by atoms with Crippen molar-refractivity contribution in [3.8, 4) is 0 Å². The van der Waals surface area contributed by atoms with Crippen LogP contribution in [-0.2, 0) is 4.74 Å². The molecular formula is C7H13F3O. The Morgan fingerprint density at radius 2 is 1.91 bits per heavy atom. The molecule has 0 spiro atoms. The molecule has 0 aliphatic heterocycles. The van der Waals surface area contributed by atoms with E-state index in [4.69, 9.17) is 4.74 Å². The zero-order chi connectivity index (χ0) is 8.91. The summed E-state index contributed by atoms with van der Waals surface area (Å²) < 4.78 is 40.3. The van der Waals surface area contributed by atoms with Crippen LogP contribution in [0.15, 0.2) is 0 Å². The lowest BCUT2D eigenvalue weighted by Crippen LogP contribution is -2.21. The molecule has 1 atom stereocenters. The van der Waals surface area contributed by atoms with Gasteiger partial charge in [0.05, 0.1) is 5.92 Å². The van der Waals surface area contributed by atoms with Gasteiger partial charge in [0.2, 0.25) is 0 Å². The lowest BCUT2D eigenvalue weighted by atomic mass is 10.1. The van der Waals surface area contributed by atoms with Crippen LogP contribution in [0.25, 0.3) is 0 Å². The third kappa shape index (κ3) is 5.07. The molecule has 0 rings (SSSR count). The second-order valence-corrected chi connectivity index (χ2v) is 2.43. The van der Waals surface area contributed by atoms with Crippen molar-refractivity contribution in [3.63, 3.8) is 0 Å². The first-order chi connectivity index (χ1) is 4.98. The molecule has 11 heavy (non-hydrogen) atoms. The lowest BCUT2D eigenvalue weighted by Gasteiger charge is -2.14. The van der Waals surface area contributed by atoms with Gasteiger partial charge >= 0.3 is 6.18 Å². The molecule has 0 aliphatic rings. The normalized spacial score (nSPS) is 15.0. The molecule has 0 bridgehead atoms. The van der Waals surface area contributed by atoms with Crippen molar-refractivity contribution in [2.24, 2.45) is 5.92 Å². The smallest absolute Gasteiger partial charge is 0.382 e. The molecule has 0 aromatic carbocycles. The standard InChI is InChI=1S/C7H13F3O/c1-3-11-5-4-6(2)7(8,9)10/h6H,3-5H2,1-2H3. The quantitative estimate of drug-likeness (QED) is 0.589. The van der Waals surface area contributed by atoms with Gasteiger partial charge in [-0.05, 0) is 13.3 Å². The Labute approximate surface area is 64.5 Å². The third-order valence-corrected chi connectivity index (χ3v) is 1.46. The maximum atomic E-state index is 11.8. The molecule has 0 radical (unpaired) electrons. The van der Waals surface area contributed by atoms with Crippen LogP contribution < -0.4 is 0 Å². The Bertz CT molecular complexity index is 100. The molecule has 0 saturated carbocycles. The first kappa shape index (κ1) is 10.8. The van der Waals surface area contributed by atoms with Crippen LogP contribution in [0, 0.1) is 5.92 Å². The summed E-state index contributed by atoms with van der Waals surface area (Å²) in [5.41, 5.74) is 0. The molecule has 1 nitrogen and oxygen atoms in total. The van der Waals surface area contributed by atoms with Gasteiger partial charge in [0.15, 0.2) is 0 Å². The Morgan fingerprint density at radius 1 is 1.36 bits per heavy atom. The number of hydrogen-bond donors (Lipinski definition) is 0. The van der Waals surface area contributed by atoms with E-state index >= 15 is 0 Å². The molecule has 0 aromatic rings. The Kier molecular flexibility index (Phi) is 4.49. The summed E-state index contributed by atoms with van der Waals surface area (Å²) in [6, 6.07) is 0. The molecule has 0 amide bonds. The minimum absolute atomic E-state index is 0.0529. The molecule has 4 heteroatoms. The topological polar surface area (TPSA) is 9.23 Å². The van der Waals surface area contributed by atoms with Crippen molar-refractivity contribution in [2.75, 3.05) is 13.2 Å². The Hall–Kier alpha value is -0.250. The maximum Gasteiger partial charge on any atom is 0.391 e. The number of hydrogen-bond acceptors (Lipinski definition) is 1. The Balaban J connectivity index is 3.44. The Morgan fingerprint density at radius 3 is 2.27 bits per heavy atom. The summed E-state index contributed by atoms with van der Waals surface area (Å²) in [6.45, 7) is 3.60. The number of rotatable bonds is 4. The second-order valence-electron chi connectivity index (χ2n) is 2.43. The van der Waals surface area contributed by atoms with Crippen LogP contribution in [-0.4, -0.2) is 19.4 Å². The van der Waals surface area contributed by atoms with E-state index < -0.39 is 12.1 Å². The lowest BCUT2D eigenvalue weighted by molar-refractivity contribution is -0.173.